The van der Waals surface area contributed by atoms with E-state index < -0.39 is 0 Å². The first-order chi connectivity index (χ1) is 12.9. The average Bonchev–Trinajstić information content (AvgIpc) is 2.65. The van der Waals surface area contributed by atoms with Crippen LogP contribution < -0.4 is 16.4 Å². The minimum absolute atomic E-state index is 0.0794. The van der Waals surface area contributed by atoms with Gasteiger partial charge in [0.05, 0.1) is 12.1 Å². The maximum atomic E-state index is 12.5. The van der Waals surface area contributed by atoms with E-state index in [9.17, 15) is 9.59 Å². The molecule has 0 radical (unpaired) electrons. The topological polar surface area (TPSA) is 106 Å². The van der Waals surface area contributed by atoms with Crippen LogP contribution in [0.3, 0.4) is 0 Å². The molecule has 1 aromatic rings. The molecule has 1 aromatic heterocycles. The van der Waals surface area contributed by atoms with Crippen LogP contribution >= 0.6 is 0 Å². The number of rotatable bonds is 8. The van der Waals surface area contributed by atoms with E-state index in [1.54, 1.807) is 18.2 Å². The summed E-state index contributed by atoms with van der Waals surface area (Å²) in [6, 6.07) is 4.85. The number of carbonyl (C=O) groups is 2. The van der Waals surface area contributed by atoms with Crippen LogP contribution in [0.15, 0.2) is 18.2 Å². The molecule has 0 spiro atoms. The fourth-order valence-corrected chi connectivity index (χ4v) is 3.26. The molecular weight excluding hydrogens is 344 g/mol. The van der Waals surface area contributed by atoms with Crippen LogP contribution in [0.4, 0.5) is 5.82 Å². The van der Waals surface area contributed by atoms with E-state index in [-0.39, 0.29) is 29.9 Å². The molecule has 3 atom stereocenters. The molecule has 0 bridgehead atoms. The summed E-state index contributed by atoms with van der Waals surface area (Å²) in [5.74, 6) is 0.468. The number of pyridine rings is 1. The SMILES string of the molecule is CCCO[C@@H]1C[C@@H](C(=O)NCC(C)C)CC[C@H]1NC(=O)c1cccc(N)n1. The Bertz CT molecular complexity index is 635. The van der Waals surface area contributed by atoms with E-state index >= 15 is 0 Å². The highest BCUT2D eigenvalue weighted by atomic mass is 16.5. The minimum Gasteiger partial charge on any atom is -0.384 e. The number of nitrogen functional groups attached to an aromatic ring is 1. The summed E-state index contributed by atoms with van der Waals surface area (Å²) in [7, 11) is 0. The Kier molecular flexibility index (Phi) is 8.03. The van der Waals surface area contributed by atoms with Crippen LogP contribution in [-0.4, -0.2) is 42.1 Å². The first-order valence-electron chi connectivity index (χ1n) is 9.83. The number of hydrogen-bond acceptors (Lipinski definition) is 5. The number of nitrogens with one attached hydrogen (secondary N) is 2. The number of amides is 2. The van der Waals surface area contributed by atoms with Gasteiger partial charge in [0.25, 0.3) is 5.91 Å². The second kappa shape index (κ2) is 10.3. The molecule has 1 fully saturated rings. The van der Waals surface area contributed by atoms with E-state index in [0.29, 0.717) is 43.4 Å². The van der Waals surface area contributed by atoms with E-state index in [1.165, 1.54) is 0 Å². The molecule has 7 nitrogen and oxygen atoms in total. The van der Waals surface area contributed by atoms with E-state index in [4.69, 9.17) is 10.5 Å². The third kappa shape index (κ3) is 6.50. The highest BCUT2D eigenvalue weighted by Crippen LogP contribution is 2.27. The van der Waals surface area contributed by atoms with Gasteiger partial charge in [-0.25, -0.2) is 4.98 Å². The van der Waals surface area contributed by atoms with Gasteiger partial charge in [-0.2, -0.15) is 0 Å². The maximum absolute atomic E-state index is 12.5. The second-order valence-corrected chi connectivity index (χ2v) is 7.59. The van der Waals surface area contributed by atoms with Gasteiger partial charge >= 0.3 is 0 Å². The standard InChI is InChI=1S/C20H32N4O3/c1-4-10-27-17-11-14(19(25)22-12-13(2)3)8-9-15(17)24-20(26)16-6-5-7-18(21)23-16/h5-7,13-15,17H,4,8-12H2,1-3H3,(H2,21,23)(H,22,25)(H,24,26)/t14-,15+,17+/m0/s1. The van der Waals surface area contributed by atoms with Gasteiger partial charge < -0.3 is 21.1 Å². The number of ether oxygens (including phenoxy) is 1. The molecule has 2 rings (SSSR count). The lowest BCUT2D eigenvalue weighted by Gasteiger charge is -2.36. The number of aromatic nitrogens is 1. The van der Waals surface area contributed by atoms with Gasteiger partial charge in [-0.3, -0.25) is 9.59 Å². The Balaban J connectivity index is 1.99. The Hall–Kier alpha value is -2.15. The molecule has 7 heteroatoms. The van der Waals surface area contributed by atoms with Crippen molar-refractivity contribution < 1.29 is 14.3 Å². The minimum atomic E-state index is -0.264. The Labute approximate surface area is 161 Å². The van der Waals surface area contributed by atoms with Crippen LogP contribution in [0.5, 0.6) is 0 Å². The third-order valence-corrected chi connectivity index (χ3v) is 4.70. The molecule has 0 aliphatic heterocycles. The second-order valence-electron chi connectivity index (χ2n) is 7.59. The number of anilines is 1. The fourth-order valence-electron chi connectivity index (χ4n) is 3.26. The van der Waals surface area contributed by atoms with Crippen molar-refractivity contribution in [2.75, 3.05) is 18.9 Å². The lowest BCUT2D eigenvalue weighted by molar-refractivity contribution is -0.128. The number of carbonyl (C=O) groups excluding carboxylic acids is 2. The monoisotopic (exact) mass is 376 g/mol. The zero-order valence-electron chi connectivity index (χ0n) is 16.5. The van der Waals surface area contributed by atoms with Crippen molar-refractivity contribution in [2.45, 2.75) is 58.6 Å². The van der Waals surface area contributed by atoms with E-state index in [1.807, 2.05) is 6.92 Å². The lowest BCUT2D eigenvalue weighted by Crippen LogP contribution is -2.50. The van der Waals surface area contributed by atoms with Crippen LogP contribution in [-0.2, 0) is 9.53 Å². The summed E-state index contributed by atoms with van der Waals surface area (Å²) in [5, 5.41) is 6.03. The first kappa shape index (κ1) is 21.2. The van der Waals surface area contributed by atoms with Gasteiger partial charge in [0.2, 0.25) is 5.91 Å². The van der Waals surface area contributed by atoms with Gasteiger partial charge in [0.15, 0.2) is 0 Å². The molecule has 4 N–H and O–H groups in total. The molecule has 1 heterocycles. The summed E-state index contributed by atoms with van der Waals surface area (Å²) < 4.78 is 5.97. The third-order valence-electron chi connectivity index (χ3n) is 4.70. The quantitative estimate of drug-likeness (QED) is 0.644. The Morgan fingerprint density at radius 3 is 2.78 bits per heavy atom. The smallest absolute Gasteiger partial charge is 0.270 e. The van der Waals surface area contributed by atoms with Gasteiger partial charge in [-0.15, -0.1) is 0 Å². The first-order valence-corrected chi connectivity index (χ1v) is 9.83. The van der Waals surface area contributed by atoms with Crippen molar-refractivity contribution in [2.24, 2.45) is 11.8 Å². The maximum Gasteiger partial charge on any atom is 0.270 e. The van der Waals surface area contributed by atoms with Crippen LogP contribution in [0, 0.1) is 11.8 Å². The fraction of sp³-hybridized carbons (Fsp3) is 0.650. The largest absolute Gasteiger partial charge is 0.384 e. The Morgan fingerprint density at radius 1 is 1.33 bits per heavy atom. The van der Waals surface area contributed by atoms with Gasteiger partial charge in [-0.1, -0.05) is 26.8 Å². The predicted molar refractivity (Wildman–Crippen MR) is 105 cm³/mol. The van der Waals surface area contributed by atoms with Crippen molar-refractivity contribution >= 4 is 17.6 Å². The summed E-state index contributed by atoms with van der Waals surface area (Å²) in [6.45, 7) is 7.47. The molecule has 1 aliphatic carbocycles. The Morgan fingerprint density at radius 2 is 2.11 bits per heavy atom. The summed E-state index contributed by atoms with van der Waals surface area (Å²) in [4.78, 5) is 29.0. The van der Waals surface area contributed by atoms with Crippen molar-refractivity contribution in [3.8, 4) is 0 Å². The molecule has 0 unspecified atom stereocenters. The van der Waals surface area contributed by atoms with Gasteiger partial charge in [0, 0.05) is 19.1 Å². The predicted octanol–water partition coefficient (Wildman–Crippen LogP) is 2.13. The molecule has 1 aliphatic rings. The van der Waals surface area contributed by atoms with Gasteiger partial charge in [-0.05, 0) is 43.7 Å². The van der Waals surface area contributed by atoms with Gasteiger partial charge in [0.1, 0.15) is 11.5 Å². The van der Waals surface area contributed by atoms with Crippen LogP contribution in [0.2, 0.25) is 0 Å². The number of nitrogens with zero attached hydrogens (tertiary/aromatic N) is 1. The highest BCUT2D eigenvalue weighted by Gasteiger charge is 2.35. The zero-order chi connectivity index (χ0) is 19.8. The summed E-state index contributed by atoms with van der Waals surface area (Å²) >= 11 is 0. The van der Waals surface area contributed by atoms with Crippen molar-refractivity contribution in [1.82, 2.24) is 15.6 Å². The number of hydrogen-bond donors (Lipinski definition) is 3. The summed E-state index contributed by atoms with van der Waals surface area (Å²) in [6.07, 6.45) is 2.74. The highest BCUT2D eigenvalue weighted by molar-refractivity contribution is 5.92. The molecule has 0 aromatic carbocycles. The van der Waals surface area contributed by atoms with E-state index in [0.717, 1.165) is 12.8 Å². The normalized spacial score (nSPS) is 22.4. The van der Waals surface area contributed by atoms with Crippen molar-refractivity contribution in [3.63, 3.8) is 0 Å². The van der Waals surface area contributed by atoms with E-state index in [2.05, 4.69) is 29.5 Å². The van der Waals surface area contributed by atoms with Crippen LogP contribution in [0.1, 0.15) is 56.9 Å². The van der Waals surface area contributed by atoms with Crippen LogP contribution in [0.25, 0.3) is 0 Å². The zero-order valence-corrected chi connectivity index (χ0v) is 16.5. The number of nitrogens with two attached hydrogens (primary N) is 1. The summed E-state index contributed by atoms with van der Waals surface area (Å²) in [5.41, 5.74) is 5.96. The molecule has 27 heavy (non-hydrogen) atoms. The molecule has 2 amide bonds. The molecule has 0 saturated heterocycles. The molecular formula is C20H32N4O3. The lowest BCUT2D eigenvalue weighted by atomic mass is 9.83. The van der Waals surface area contributed by atoms with Crippen molar-refractivity contribution in [3.05, 3.63) is 23.9 Å². The van der Waals surface area contributed by atoms with Crippen molar-refractivity contribution in [1.29, 1.82) is 0 Å². The average molecular weight is 377 g/mol. The molecule has 150 valence electrons. The molecule has 1 saturated carbocycles.